The second kappa shape index (κ2) is 8.87. The molecule has 0 amide bonds. The first-order valence-corrected chi connectivity index (χ1v) is 9.51. The van der Waals surface area contributed by atoms with Crippen LogP contribution in [0.5, 0.6) is 0 Å². The molecule has 3 atom stereocenters. The molecule has 0 bridgehead atoms. The summed E-state index contributed by atoms with van der Waals surface area (Å²) >= 11 is 6.08. The van der Waals surface area contributed by atoms with Gasteiger partial charge in [0.1, 0.15) is 11.0 Å². The van der Waals surface area contributed by atoms with Crippen molar-refractivity contribution in [1.29, 1.82) is 0 Å². The number of alkyl halides is 3. The van der Waals surface area contributed by atoms with E-state index in [-0.39, 0.29) is 18.8 Å². The van der Waals surface area contributed by atoms with Crippen molar-refractivity contribution in [2.24, 2.45) is 17.8 Å². The smallest absolute Gasteiger partial charge is 0.349 e. The molecule has 29 heavy (non-hydrogen) atoms. The maximum Gasteiger partial charge on any atom is 0.450 e. The lowest BCUT2D eigenvalue weighted by atomic mass is 9.71. The number of benzene rings is 1. The highest BCUT2D eigenvalue weighted by atomic mass is 35.5. The fourth-order valence-corrected chi connectivity index (χ4v) is 3.82. The number of halogens is 5. The summed E-state index contributed by atoms with van der Waals surface area (Å²) in [5.74, 6) is 2.00. The van der Waals surface area contributed by atoms with Gasteiger partial charge in [-0.3, -0.25) is 4.79 Å². The highest BCUT2D eigenvalue weighted by Gasteiger charge is 2.46. The lowest BCUT2D eigenvalue weighted by molar-refractivity contribution is -0.177. The molecule has 1 aromatic rings. The second-order valence-corrected chi connectivity index (χ2v) is 7.42. The standard InChI is InChI=1S/C22H18ClF4NO/c23-20-7-2-1-6-19(28-20)18-13-16(21(29)22(25,26)27)11-10-15(18)9-8-14-4-3-5-17(24)12-14/h1-7,12,15-16,18,28H,10-11,13H2. The number of ketones is 1. The van der Waals surface area contributed by atoms with E-state index in [2.05, 4.69) is 17.2 Å². The molecular weight excluding hydrogens is 406 g/mol. The largest absolute Gasteiger partial charge is 0.450 e. The molecule has 0 aromatic heterocycles. The molecule has 1 saturated carbocycles. The number of hydrogen-bond acceptors (Lipinski definition) is 2. The first-order valence-electron chi connectivity index (χ1n) is 9.13. The predicted octanol–water partition coefficient (Wildman–Crippen LogP) is 5.46. The van der Waals surface area contributed by atoms with Gasteiger partial charge >= 0.3 is 6.18 Å². The summed E-state index contributed by atoms with van der Waals surface area (Å²) in [5.41, 5.74) is 1.09. The first kappa shape index (κ1) is 21.2. The van der Waals surface area contributed by atoms with E-state index in [9.17, 15) is 22.4 Å². The second-order valence-electron chi connectivity index (χ2n) is 7.01. The number of allylic oxidation sites excluding steroid dienone is 5. The Kier molecular flexibility index (Phi) is 6.49. The highest BCUT2D eigenvalue weighted by molar-refractivity contribution is 6.29. The van der Waals surface area contributed by atoms with Crippen molar-refractivity contribution in [3.8, 4) is 11.8 Å². The summed E-state index contributed by atoms with van der Waals surface area (Å²) in [4.78, 5) is 11.8. The van der Waals surface area contributed by atoms with E-state index >= 15 is 0 Å². The lowest BCUT2D eigenvalue weighted by Gasteiger charge is -2.35. The molecule has 0 saturated heterocycles. The molecule has 1 aliphatic carbocycles. The Morgan fingerprint density at radius 3 is 2.66 bits per heavy atom. The van der Waals surface area contributed by atoms with E-state index in [1.54, 1.807) is 36.4 Å². The van der Waals surface area contributed by atoms with Crippen LogP contribution in [0, 0.1) is 35.4 Å². The Balaban J connectivity index is 1.89. The molecule has 1 heterocycles. The summed E-state index contributed by atoms with van der Waals surface area (Å²) in [5, 5.41) is 3.31. The zero-order chi connectivity index (χ0) is 21.0. The van der Waals surface area contributed by atoms with Crippen molar-refractivity contribution in [3.63, 3.8) is 0 Å². The maximum atomic E-state index is 13.4. The van der Waals surface area contributed by atoms with Crippen LogP contribution >= 0.6 is 11.6 Å². The predicted molar refractivity (Wildman–Crippen MR) is 103 cm³/mol. The van der Waals surface area contributed by atoms with Crippen LogP contribution in [-0.4, -0.2) is 12.0 Å². The van der Waals surface area contributed by atoms with Crippen molar-refractivity contribution < 1.29 is 22.4 Å². The van der Waals surface area contributed by atoms with Gasteiger partial charge < -0.3 is 5.32 Å². The lowest BCUT2D eigenvalue weighted by Crippen LogP contribution is -2.38. The summed E-state index contributed by atoms with van der Waals surface area (Å²) in [6, 6.07) is 5.81. The molecule has 0 radical (unpaired) electrons. The van der Waals surface area contributed by atoms with Crippen LogP contribution in [0.25, 0.3) is 0 Å². The molecule has 1 aromatic carbocycles. The number of carbonyl (C=O) groups is 1. The topological polar surface area (TPSA) is 29.1 Å². The van der Waals surface area contributed by atoms with Crippen LogP contribution in [0.4, 0.5) is 17.6 Å². The van der Waals surface area contributed by atoms with Gasteiger partial charge in [0.2, 0.25) is 5.78 Å². The highest BCUT2D eigenvalue weighted by Crippen LogP contribution is 2.40. The fraction of sp³-hybridized carbons (Fsp3) is 0.318. The monoisotopic (exact) mass is 423 g/mol. The minimum atomic E-state index is -4.86. The number of nitrogens with one attached hydrogen (secondary N) is 1. The third-order valence-electron chi connectivity index (χ3n) is 5.02. The van der Waals surface area contributed by atoms with Crippen molar-refractivity contribution >= 4 is 17.4 Å². The van der Waals surface area contributed by atoms with Crippen LogP contribution in [-0.2, 0) is 4.79 Å². The quantitative estimate of drug-likeness (QED) is 0.388. The Morgan fingerprint density at radius 1 is 1.17 bits per heavy atom. The van der Waals surface area contributed by atoms with Crippen LogP contribution in [0.1, 0.15) is 24.8 Å². The Hall–Kier alpha value is -2.52. The van der Waals surface area contributed by atoms with E-state index < -0.39 is 29.6 Å². The molecule has 152 valence electrons. The Labute approximate surface area is 171 Å². The van der Waals surface area contributed by atoms with Crippen molar-refractivity contribution in [3.05, 3.63) is 70.8 Å². The van der Waals surface area contributed by atoms with Crippen molar-refractivity contribution in [2.75, 3.05) is 0 Å². The van der Waals surface area contributed by atoms with E-state index in [0.29, 0.717) is 22.8 Å². The minimum Gasteiger partial charge on any atom is -0.349 e. The first-order chi connectivity index (χ1) is 13.7. The van der Waals surface area contributed by atoms with Crippen LogP contribution < -0.4 is 5.32 Å². The molecule has 1 N–H and O–H groups in total. The van der Waals surface area contributed by atoms with Crippen LogP contribution in [0.2, 0.25) is 0 Å². The normalized spacial score (nSPS) is 24.4. The van der Waals surface area contributed by atoms with Gasteiger partial charge in [0.15, 0.2) is 0 Å². The van der Waals surface area contributed by atoms with Crippen LogP contribution in [0.3, 0.4) is 0 Å². The molecule has 2 nitrogen and oxygen atoms in total. The summed E-state index contributed by atoms with van der Waals surface area (Å²) in [6.07, 6.45) is 2.36. The fourth-order valence-electron chi connectivity index (χ4n) is 3.64. The number of rotatable bonds is 2. The zero-order valence-corrected chi connectivity index (χ0v) is 16.0. The van der Waals surface area contributed by atoms with Crippen LogP contribution in [0.15, 0.2) is 59.4 Å². The molecular formula is C22H18ClF4NO. The van der Waals surface area contributed by atoms with Gasteiger partial charge in [-0.15, -0.1) is 0 Å². The van der Waals surface area contributed by atoms with Gasteiger partial charge in [-0.2, -0.15) is 13.2 Å². The van der Waals surface area contributed by atoms with Gasteiger partial charge in [-0.1, -0.05) is 41.7 Å². The SMILES string of the molecule is O=C(C1CCC(C#Cc2cccc(F)c2)C(C2=CC=CC=C(Cl)N2)C1)C(F)(F)F. The number of hydrogen-bond donors (Lipinski definition) is 1. The average Bonchev–Trinajstić information content (AvgIpc) is 2.89. The molecule has 3 unspecified atom stereocenters. The molecule has 0 spiro atoms. The van der Waals surface area contributed by atoms with E-state index in [4.69, 9.17) is 11.6 Å². The van der Waals surface area contributed by atoms with Crippen molar-refractivity contribution in [1.82, 2.24) is 5.32 Å². The molecule has 2 aliphatic rings. The van der Waals surface area contributed by atoms with Gasteiger partial charge in [-0.25, -0.2) is 4.39 Å². The number of Topliss-reactive ketones (excluding diaryl/α,β-unsaturated/α-hetero) is 1. The minimum absolute atomic E-state index is 0.0116. The average molecular weight is 424 g/mol. The summed E-state index contributed by atoms with van der Waals surface area (Å²) in [6.45, 7) is 0. The van der Waals surface area contributed by atoms with Crippen molar-refractivity contribution in [2.45, 2.75) is 25.4 Å². The van der Waals surface area contributed by atoms with E-state index in [0.717, 1.165) is 0 Å². The van der Waals surface area contributed by atoms with Gasteiger partial charge in [0.25, 0.3) is 0 Å². The third kappa shape index (κ3) is 5.51. The maximum absolute atomic E-state index is 13.4. The van der Waals surface area contributed by atoms with Gasteiger partial charge in [0, 0.05) is 29.0 Å². The van der Waals surface area contributed by atoms with Gasteiger partial charge in [0.05, 0.1) is 0 Å². The summed E-state index contributed by atoms with van der Waals surface area (Å²) in [7, 11) is 0. The molecule has 7 heteroatoms. The molecule has 1 aliphatic heterocycles. The Bertz CT molecular complexity index is 936. The number of carbonyl (C=O) groups excluding carboxylic acids is 1. The van der Waals surface area contributed by atoms with E-state index in [1.807, 2.05) is 0 Å². The van der Waals surface area contributed by atoms with E-state index in [1.165, 1.54) is 12.1 Å². The zero-order valence-electron chi connectivity index (χ0n) is 15.3. The third-order valence-corrected chi connectivity index (χ3v) is 5.24. The Morgan fingerprint density at radius 2 is 1.93 bits per heavy atom. The summed E-state index contributed by atoms with van der Waals surface area (Å²) < 4.78 is 52.2. The molecule has 1 fully saturated rings. The molecule has 3 rings (SSSR count). The van der Waals surface area contributed by atoms with Gasteiger partial charge in [-0.05, 0) is 49.6 Å².